The highest BCUT2D eigenvalue weighted by Gasteiger charge is 2.58. The van der Waals surface area contributed by atoms with Crippen LogP contribution >= 0.6 is 11.3 Å². The molecule has 1 aromatic heterocycles. The van der Waals surface area contributed by atoms with Crippen molar-refractivity contribution >= 4 is 17.1 Å². The van der Waals surface area contributed by atoms with Crippen LogP contribution in [0.3, 0.4) is 0 Å². The smallest absolute Gasteiger partial charge is 0.194 e. The highest BCUT2D eigenvalue weighted by molar-refractivity contribution is 7.11. The second-order valence-corrected chi connectivity index (χ2v) is 11.1. The fourth-order valence-corrected chi connectivity index (χ4v) is 8.64. The normalized spacial score (nSPS) is 47.7. The number of hydrogen-bond acceptors (Lipinski definition) is 3. The first-order valence-electron chi connectivity index (χ1n) is 11.0. The molecule has 8 atom stereocenters. The molecule has 3 heteroatoms. The first-order valence-corrected chi connectivity index (χ1v) is 11.9. The third-order valence-electron chi connectivity index (χ3n) is 9.18. The number of ketones is 1. The van der Waals surface area contributed by atoms with Gasteiger partial charge in [-0.1, -0.05) is 20.3 Å². The van der Waals surface area contributed by atoms with E-state index in [9.17, 15) is 4.79 Å². The molecule has 2 nitrogen and oxygen atoms in total. The third kappa shape index (κ3) is 2.56. The van der Waals surface area contributed by atoms with Gasteiger partial charge >= 0.3 is 0 Å². The molecule has 142 valence electrons. The minimum absolute atomic E-state index is 0.226. The molecule has 4 aliphatic carbocycles. The molecule has 0 radical (unpaired) electrons. The van der Waals surface area contributed by atoms with Gasteiger partial charge in [0.25, 0.3) is 0 Å². The van der Waals surface area contributed by atoms with Crippen LogP contribution in [0.15, 0.2) is 11.6 Å². The van der Waals surface area contributed by atoms with E-state index >= 15 is 0 Å². The summed E-state index contributed by atoms with van der Waals surface area (Å²) in [6, 6.07) is 0. The lowest BCUT2D eigenvalue weighted by atomic mass is 9.49. The molecule has 0 spiro atoms. The molecule has 4 saturated carbocycles. The van der Waals surface area contributed by atoms with Gasteiger partial charge < -0.3 is 0 Å². The van der Waals surface area contributed by atoms with E-state index in [1.54, 1.807) is 6.20 Å². The van der Waals surface area contributed by atoms with Crippen molar-refractivity contribution in [1.29, 1.82) is 0 Å². The number of carbonyl (C=O) groups excluding carboxylic acids is 1. The topological polar surface area (TPSA) is 30.0 Å². The Morgan fingerprint density at radius 3 is 2.73 bits per heavy atom. The van der Waals surface area contributed by atoms with Crippen molar-refractivity contribution in [3.63, 3.8) is 0 Å². The van der Waals surface area contributed by atoms with Crippen molar-refractivity contribution in [2.45, 2.75) is 71.6 Å². The Balaban J connectivity index is 1.38. The van der Waals surface area contributed by atoms with Gasteiger partial charge in [-0.3, -0.25) is 4.79 Å². The van der Waals surface area contributed by atoms with Crippen molar-refractivity contribution in [3.05, 3.63) is 16.6 Å². The van der Waals surface area contributed by atoms with Crippen molar-refractivity contribution in [2.24, 2.45) is 46.8 Å². The van der Waals surface area contributed by atoms with Crippen molar-refractivity contribution in [1.82, 2.24) is 4.98 Å². The monoisotopic (exact) mass is 371 g/mol. The van der Waals surface area contributed by atoms with Gasteiger partial charge in [0.2, 0.25) is 0 Å². The van der Waals surface area contributed by atoms with Crippen LogP contribution in [0.5, 0.6) is 0 Å². The van der Waals surface area contributed by atoms with Crippen LogP contribution in [0.2, 0.25) is 0 Å². The van der Waals surface area contributed by atoms with E-state index in [2.05, 4.69) is 18.8 Å². The summed E-state index contributed by atoms with van der Waals surface area (Å²) in [5.74, 6) is 6.20. The summed E-state index contributed by atoms with van der Waals surface area (Å²) in [4.78, 5) is 17.5. The molecule has 0 N–H and O–H groups in total. The largest absolute Gasteiger partial charge is 0.291 e. The van der Waals surface area contributed by atoms with E-state index in [-0.39, 0.29) is 11.3 Å². The first-order chi connectivity index (χ1) is 12.6. The molecule has 4 aliphatic rings. The summed E-state index contributed by atoms with van der Waals surface area (Å²) < 4.78 is 0. The van der Waals surface area contributed by atoms with E-state index in [1.165, 1.54) is 62.7 Å². The van der Waals surface area contributed by atoms with Gasteiger partial charge in [-0.25, -0.2) is 4.98 Å². The number of carbonyl (C=O) groups is 1. The van der Waals surface area contributed by atoms with Crippen LogP contribution in [-0.2, 0) is 0 Å². The van der Waals surface area contributed by atoms with Crippen LogP contribution in [0.4, 0.5) is 0 Å². The third-order valence-corrected chi connectivity index (χ3v) is 9.96. The quantitative estimate of drug-likeness (QED) is 0.577. The summed E-state index contributed by atoms with van der Waals surface area (Å²) >= 11 is 1.53. The molecule has 8 unspecified atom stereocenters. The zero-order valence-electron chi connectivity index (χ0n) is 16.3. The average Bonchev–Trinajstić information content (AvgIpc) is 3.28. The van der Waals surface area contributed by atoms with E-state index in [4.69, 9.17) is 0 Å². The highest BCUT2D eigenvalue weighted by Crippen LogP contribution is 2.64. The minimum Gasteiger partial charge on any atom is -0.291 e. The summed E-state index contributed by atoms with van der Waals surface area (Å²) in [7, 11) is 0. The zero-order chi connectivity index (χ0) is 17.9. The lowest BCUT2D eigenvalue weighted by Gasteiger charge is -2.56. The average molecular weight is 372 g/mol. The van der Waals surface area contributed by atoms with E-state index < -0.39 is 0 Å². The minimum atomic E-state index is 0.226. The molecule has 4 fully saturated rings. The van der Waals surface area contributed by atoms with Gasteiger partial charge in [-0.2, -0.15) is 0 Å². The Morgan fingerprint density at radius 2 is 1.92 bits per heavy atom. The molecular weight excluding hydrogens is 338 g/mol. The maximum Gasteiger partial charge on any atom is 0.194 e. The Morgan fingerprint density at radius 1 is 1.08 bits per heavy atom. The number of hydrogen-bond donors (Lipinski definition) is 0. The number of nitrogens with zero attached hydrogens (tertiary/aromatic N) is 1. The van der Waals surface area contributed by atoms with Crippen LogP contribution in [0.25, 0.3) is 0 Å². The Labute approximate surface area is 162 Å². The molecule has 0 amide bonds. The summed E-state index contributed by atoms with van der Waals surface area (Å²) in [6.45, 7) is 4.93. The molecule has 0 bridgehead atoms. The Kier molecular flexibility index (Phi) is 4.30. The van der Waals surface area contributed by atoms with Crippen LogP contribution in [0.1, 0.15) is 81.4 Å². The van der Waals surface area contributed by atoms with Crippen LogP contribution < -0.4 is 0 Å². The first kappa shape index (κ1) is 17.4. The molecule has 5 rings (SSSR count). The predicted molar refractivity (Wildman–Crippen MR) is 106 cm³/mol. The second-order valence-electron chi connectivity index (χ2n) is 10.2. The summed E-state index contributed by atoms with van der Waals surface area (Å²) in [5.41, 5.74) is 0.235. The fraction of sp³-hybridized carbons (Fsp3) is 0.826. The fourth-order valence-electron chi connectivity index (χ4n) is 8.01. The van der Waals surface area contributed by atoms with Crippen LogP contribution in [0, 0.1) is 46.8 Å². The van der Waals surface area contributed by atoms with Gasteiger partial charge in [0.15, 0.2) is 10.8 Å². The maximum atomic E-state index is 13.1. The second kappa shape index (κ2) is 6.43. The number of aromatic nitrogens is 1. The molecule has 26 heavy (non-hydrogen) atoms. The predicted octanol–water partition coefficient (Wildman–Crippen LogP) is 6.23. The molecule has 0 aromatic carbocycles. The van der Waals surface area contributed by atoms with Gasteiger partial charge in [-0.15, -0.1) is 11.3 Å². The van der Waals surface area contributed by atoms with Crippen LogP contribution in [-0.4, -0.2) is 10.8 Å². The van der Waals surface area contributed by atoms with Gasteiger partial charge in [0, 0.05) is 17.5 Å². The number of rotatable bonds is 2. The zero-order valence-corrected chi connectivity index (χ0v) is 17.1. The number of fused-ring (bicyclic) bond motifs is 5. The van der Waals surface area contributed by atoms with Gasteiger partial charge in [-0.05, 0) is 92.3 Å². The molecule has 1 aromatic rings. The standard InChI is InChI=1S/C23H33NOS/c1-14-3-5-16-15(13-14)4-6-18-17(16)9-10-23(2)19(18)7-8-20(23)21(25)22-24-11-12-26-22/h11-12,14-20H,3-10,13H2,1-2H3. The molecule has 0 aliphatic heterocycles. The molecule has 1 heterocycles. The molecular formula is C23H33NOS. The SMILES string of the molecule is CC1CCC2C(CCC3C2CCC2(C)C(C(=O)c4nccs4)CCC32)C1. The van der Waals surface area contributed by atoms with Gasteiger partial charge in [0.1, 0.15) is 0 Å². The van der Waals surface area contributed by atoms with Crippen molar-refractivity contribution < 1.29 is 4.79 Å². The van der Waals surface area contributed by atoms with E-state index in [1.807, 2.05) is 5.38 Å². The number of thiazole rings is 1. The highest BCUT2D eigenvalue weighted by atomic mass is 32.1. The number of Topliss-reactive ketones (excluding diaryl/α,β-unsaturated/α-hetero) is 1. The molecule has 0 saturated heterocycles. The van der Waals surface area contributed by atoms with Crippen molar-refractivity contribution in [2.75, 3.05) is 0 Å². The van der Waals surface area contributed by atoms with E-state index in [0.29, 0.717) is 5.78 Å². The Hall–Kier alpha value is -0.700. The van der Waals surface area contributed by atoms with Crippen molar-refractivity contribution in [3.8, 4) is 0 Å². The maximum absolute atomic E-state index is 13.1. The summed E-state index contributed by atoms with van der Waals surface area (Å²) in [5, 5.41) is 2.70. The van der Waals surface area contributed by atoms with Gasteiger partial charge in [0.05, 0.1) is 0 Å². The van der Waals surface area contributed by atoms with E-state index in [0.717, 1.165) is 46.9 Å². The lowest BCUT2D eigenvalue weighted by molar-refractivity contribution is -0.0634. The summed E-state index contributed by atoms with van der Waals surface area (Å²) in [6.07, 6.45) is 14.2. The Bertz CT molecular complexity index is 670. The lowest BCUT2D eigenvalue weighted by Crippen LogP contribution is -2.49.